The van der Waals surface area contributed by atoms with Gasteiger partial charge in [-0.1, -0.05) is 29.8 Å². The number of nitrogens with one attached hydrogen (secondary N) is 1. The van der Waals surface area contributed by atoms with Gasteiger partial charge in [0, 0.05) is 11.1 Å². The highest BCUT2D eigenvalue weighted by atomic mass is 35.5. The number of halogens is 1. The quantitative estimate of drug-likeness (QED) is 0.321. The Kier molecular flexibility index (Phi) is 7.20. The first-order chi connectivity index (χ1) is 12.8. The van der Waals surface area contributed by atoms with E-state index in [1.54, 1.807) is 37.4 Å². The zero-order valence-electron chi connectivity index (χ0n) is 14.6. The molecule has 0 saturated heterocycles. The minimum absolute atomic E-state index is 0.00597. The number of ether oxygens (including phenoxy) is 1. The van der Waals surface area contributed by atoms with Crippen LogP contribution in [0.15, 0.2) is 47.4 Å². The molecule has 2 rings (SSSR count). The van der Waals surface area contributed by atoms with Gasteiger partial charge in [-0.2, -0.15) is 0 Å². The molecule has 2 aromatic carbocycles. The van der Waals surface area contributed by atoms with Crippen LogP contribution in [0.1, 0.15) is 28.9 Å². The molecule has 142 valence electrons. The van der Waals surface area contributed by atoms with Crippen molar-refractivity contribution in [1.82, 2.24) is 5.32 Å². The van der Waals surface area contributed by atoms with Gasteiger partial charge in [-0.25, -0.2) is 4.79 Å². The fourth-order valence-electron chi connectivity index (χ4n) is 2.36. The monoisotopic (exact) mass is 408 g/mol. The van der Waals surface area contributed by atoms with Crippen molar-refractivity contribution in [2.24, 2.45) is 0 Å². The van der Waals surface area contributed by atoms with E-state index in [1.165, 1.54) is 23.9 Å². The molecule has 0 aliphatic heterocycles. The Morgan fingerprint density at radius 1 is 1.30 bits per heavy atom. The van der Waals surface area contributed by atoms with Crippen LogP contribution in [0.25, 0.3) is 0 Å². The van der Waals surface area contributed by atoms with Gasteiger partial charge >= 0.3 is 5.97 Å². The zero-order valence-corrected chi connectivity index (χ0v) is 16.2. The number of thioether (sulfide) groups is 1. The molecule has 0 spiro atoms. The topological polar surface area (TPSA) is 98.5 Å². The number of hydrogen-bond acceptors (Lipinski definition) is 6. The lowest BCUT2D eigenvalue weighted by atomic mass is 10.1. The fraction of sp³-hybridized carbons (Fsp3) is 0.222. The Morgan fingerprint density at radius 2 is 2.00 bits per heavy atom. The molecule has 0 aromatic heterocycles. The van der Waals surface area contributed by atoms with Gasteiger partial charge in [0.25, 0.3) is 11.6 Å². The third-order valence-electron chi connectivity index (χ3n) is 3.69. The standard InChI is InChI=1S/C18H17ClN2O5S/c1-11(13-5-3-4-6-14(13)19)20-17(22)10-26-18(23)12-7-8-16(27-2)15(9-12)21(24)25/h3-9,11H,10H2,1-2H3,(H,20,22)/t11-/m0/s1. The van der Waals surface area contributed by atoms with E-state index in [0.717, 1.165) is 11.6 Å². The average molecular weight is 409 g/mol. The lowest BCUT2D eigenvalue weighted by Crippen LogP contribution is -2.31. The van der Waals surface area contributed by atoms with Gasteiger partial charge in [-0.05, 0) is 36.9 Å². The van der Waals surface area contributed by atoms with E-state index < -0.39 is 23.4 Å². The minimum atomic E-state index is -0.814. The van der Waals surface area contributed by atoms with Crippen LogP contribution in [-0.4, -0.2) is 29.7 Å². The molecule has 0 radical (unpaired) electrons. The highest BCUT2D eigenvalue weighted by Gasteiger charge is 2.19. The molecule has 9 heteroatoms. The van der Waals surface area contributed by atoms with E-state index in [9.17, 15) is 19.7 Å². The molecule has 0 aliphatic carbocycles. The minimum Gasteiger partial charge on any atom is -0.452 e. The van der Waals surface area contributed by atoms with Gasteiger partial charge in [0.1, 0.15) is 0 Å². The Hall–Kier alpha value is -2.58. The number of hydrogen-bond donors (Lipinski definition) is 1. The third kappa shape index (κ3) is 5.45. The molecular weight excluding hydrogens is 392 g/mol. The lowest BCUT2D eigenvalue weighted by Gasteiger charge is -2.15. The summed E-state index contributed by atoms with van der Waals surface area (Å²) in [5.41, 5.74) is 0.558. The van der Waals surface area contributed by atoms with E-state index >= 15 is 0 Å². The first-order valence-electron chi connectivity index (χ1n) is 7.86. The third-order valence-corrected chi connectivity index (χ3v) is 4.82. The fourth-order valence-corrected chi connectivity index (χ4v) is 3.21. The van der Waals surface area contributed by atoms with Crippen LogP contribution in [0.4, 0.5) is 5.69 Å². The van der Waals surface area contributed by atoms with Crippen LogP contribution in [0, 0.1) is 10.1 Å². The van der Waals surface area contributed by atoms with Crippen molar-refractivity contribution < 1.29 is 19.2 Å². The Balaban J connectivity index is 1.97. The van der Waals surface area contributed by atoms with Crippen LogP contribution in [-0.2, 0) is 9.53 Å². The summed E-state index contributed by atoms with van der Waals surface area (Å²) in [6, 6.07) is 10.7. The summed E-state index contributed by atoms with van der Waals surface area (Å²) in [6.45, 7) is 1.25. The van der Waals surface area contributed by atoms with E-state index in [1.807, 2.05) is 0 Å². The molecule has 0 unspecified atom stereocenters. The molecule has 0 aliphatic rings. The van der Waals surface area contributed by atoms with Gasteiger partial charge in [0.2, 0.25) is 0 Å². The van der Waals surface area contributed by atoms with Crippen molar-refractivity contribution in [2.45, 2.75) is 17.9 Å². The van der Waals surface area contributed by atoms with Crippen LogP contribution in [0.3, 0.4) is 0 Å². The summed E-state index contributed by atoms with van der Waals surface area (Å²) in [6.07, 6.45) is 1.70. The predicted molar refractivity (Wildman–Crippen MR) is 103 cm³/mol. The summed E-state index contributed by atoms with van der Waals surface area (Å²) in [4.78, 5) is 35.0. The van der Waals surface area contributed by atoms with Crippen LogP contribution in [0.2, 0.25) is 5.02 Å². The Morgan fingerprint density at radius 3 is 2.63 bits per heavy atom. The van der Waals surface area contributed by atoms with E-state index in [2.05, 4.69) is 5.32 Å². The molecule has 1 amide bonds. The van der Waals surface area contributed by atoms with Gasteiger partial charge in [0.05, 0.1) is 21.4 Å². The molecule has 1 atom stereocenters. The number of nitro benzene ring substituents is 1. The second-order valence-corrected chi connectivity index (χ2v) is 6.79. The normalized spacial score (nSPS) is 11.5. The number of nitro groups is 1. The van der Waals surface area contributed by atoms with Crippen LogP contribution < -0.4 is 5.32 Å². The average Bonchev–Trinajstić information content (AvgIpc) is 2.65. The van der Waals surface area contributed by atoms with Crippen molar-refractivity contribution in [1.29, 1.82) is 0 Å². The van der Waals surface area contributed by atoms with E-state index in [4.69, 9.17) is 16.3 Å². The van der Waals surface area contributed by atoms with Crippen molar-refractivity contribution >= 4 is 40.9 Å². The summed E-state index contributed by atoms with van der Waals surface area (Å²) in [5, 5.41) is 14.3. The summed E-state index contributed by atoms with van der Waals surface area (Å²) < 4.78 is 4.95. The summed E-state index contributed by atoms with van der Waals surface area (Å²) in [5.74, 6) is -1.32. The predicted octanol–water partition coefficient (Wildman–Crippen LogP) is 4.00. The Labute approximate surface area is 165 Å². The molecule has 0 heterocycles. The molecule has 2 aromatic rings. The van der Waals surface area contributed by atoms with Gasteiger partial charge < -0.3 is 10.1 Å². The molecule has 0 bridgehead atoms. The van der Waals surface area contributed by atoms with Crippen molar-refractivity contribution in [3.05, 3.63) is 68.7 Å². The van der Waals surface area contributed by atoms with Gasteiger partial charge in [0.15, 0.2) is 6.61 Å². The SMILES string of the molecule is CSc1ccc(C(=O)OCC(=O)N[C@@H](C)c2ccccc2Cl)cc1[N+](=O)[O-]. The van der Waals surface area contributed by atoms with E-state index in [0.29, 0.717) is 9.92 Å². The van der Waals surface area contributed by atoms with Crippen LogP contribution in [0.5, 0.6) is 0 Å². The number of carbonyl (C=O) groups is 2. The van der Waals surface area contributed by atoms with Crippen LogP contribution >= 0.6 is 23.4 Å². The zero-order chi connectivity index (χ0) is 20.0. The van der Waals surface area contributed by atoms with Gasteiger partial charge in [-0.15, -0.1) is 11.8 Å². The number of nitrogens with zero attached hydrogens (tertiary/aromatic N) is 1. The van der Waals surface area contributed by atoms with E-state index in [-0.39, 0.29) is 17.3 Å². The van der Waals surface area contributed by atoms with Crippen molar-refractivity contribution in [3.63, 3.8) is 0 Å². The van der Waals surface area contributed by atoms with Crippen molar-refractivity contribution in [3.8, 4) is 0 Å². The maximum absolute atomic E-state index is 12.1. The molecule has 1 N–H and O–H groups in total. The number of amides is 1. The molecule has 27 heavy (non-hydrogen) atoms. The molecule has 0 fully saturated rings. The maximum atomic E-state index is 12.1. The summed E-state index contributed by atoms with van der Waals surface area (Å²) >= 11 is 7.28. The number of benzene rings is 2. The number of esters is 1. The maximum Gasteiger partial charge on any atom is 0.338 e. The number of carbonyl (C=O) groups excluding carboxylic acids is 2. The molecule has 7 nitrogen and oxygen atoms in total. The highest BCUT2D eigenvalue weighted by Crippen LogP contribution is 2.28. The molecule has 0 saturated carbocycles. The highest BCUT2D eigenvalue weighted by molar-refractivity contribution is 7.98. The van der Waals surface area contributed by atoms with Gasteiger partial charge in [-0.3, -0.25) is 14.9 Å². The first-order valence-corrected chi connectivity index (χ1v) is 9.47. The smallest absolute Gasteiger partial charge is 0.338 e. The first kappa shape index (κ1) is 20.7. The number of rotatable bonds is 7. The Bertz CT molecular complexity index is 875. The molecular formula is C18H17ClN2O5S. The second-order valence-electron chi connectivity index (χ2n) is 5.53. The summed E-state index contributed by atoms with van der Waals surface area (Å²) in [7, 11) is 0. The second kappa shape index (κ2) is 9.38. The largest absolute Gasteiger partial charge is 0.452 e. The lowest BCUT2D eigenvalue weighted by molar-refractivity contribution is -0.387. The van der Waals surface area contributed by atoms with Crippen molar-refractivity contribution in [2.75, 3.05) is 12.9 Å².